The van der Waals surface area contributed by atoms with Crippen molar-refractivity contribution < 1.29 is 0 Å². The number of hydrogen-bond acceptors (Lipinski definition) is 3. The van der Waals surface area contributed by atoms with Crippen molar-refractivity contribution >= 4 is 33.4 Å². The van der Waals surface area contributed by atoms with Crippen LogP contribution in [0.3, 0.4) is 0 Å². The summed E-state index contributed by atoms with van der Waals surface area (Å²) < 4.78 is 1.19. The molecule has 1 N–H and O–H groups in total. The summed E-state index contributed by atoms with van der Waals surface area (Å²) in [7, 11) is 2.17. The van der Waals surface area contributed by atoms with E-state index in [2.05, 4.69) is 78.4 Å². The Morgan fingerprint density at radius 1 is 1.30 bits per heavy atom. The number of halogens is 1. The van der Waals surface area contributed by atoms with Crippen molar-refractivity contribution in [3.63, 3.8) is 0 Å². The number of benzene rings is 1. The average molecular weight is 359 g/mol. The van der Waals surface area contributed by atoms with Gasteiger partial charge in [-0.15, -0.1) is 0 Å². The number of thioether (sulfide) groups is 1. The Morgan fingerprint density at radius 3 is 2.55 bits per heavy atom. The fourth-order valence-corrected chi connectivity index (χ4v) is 3.21. The van der Waals surface area contributed by atoms with E-state index in [0.717, 1.165) is 18.8 Å². The summed E-state index contributed by atoms with van der Waals surface area (Å²) in [5.74, 6) is 1.83. The quantitative estimate of drug-likeness (QED) is 0.741. The Bertz CT molecular complexity index is 409. The van der Waals surface area contributed by atoms with Crippen LogP contribution in [0.2, 0.25) is 0 Å². The first-order valence-corrected chi connectivity index (χ1v) is 9.35. The second-order valence-electron chi connectivity index (χ2n) is 5.72. The van der Waals surface area contributed by atoms with Crippen LogP contribution >= 0.6 is 27.7 Å². The summed E-state index contributed by atoms with van der Waals surface area (Å²) >= 11 is 5.59. The number of rotatable bonds is 8. The van der Waals surface area contributed by atoms with E-state index < -0.39 is 0 Å². The minimum atomic E-state index is 0.543. The van der Waals surface area contributed by atoms with Crippen LogP contribution < -0.4 is 10.2 Å². The van der Waals surface area contributed by atoms with Crippen molar-refractivity contribution in [2.24, 2.45) is 5.92 Å². The van der Waals surface area contributed by atoms with E-state index in [1.165, 1.54) is 15.7 Å². The maximum absolute atomic E-state index is 3.70. The van der Waals surface area contributed by atoms with Gasteiger partial charge in [0.05, 0.1) is 0 Å². The lowest BCUT2D eigenvalue weighted by molar-refractivity contribution is 0.552. The Kier molecular flexibility index (Phi) is 8.00. The van der Waals surface area contributed by atoms with Crippen LogP contribution in [-0.4, -0.2) is 31.6 Å². The predicted molar refractivity (Wildman–Crippen MR) is 96.9 cm³/mol. The molecule has 0 aromatic heterocycles. The molecule has 0 aliphatic rings. The molecule has 0 fully saturated rings. The number of hydrogen-bond donors (Lipinski definition) is 1. The molecule has 0 heterocycles. The highest BCUT2D eigenvalue weighted by Gasteiger charge is 2.11. The Balaban J connectivity index is 2.67. The molecule has 0 aliphatic heterocycles. The molecular formula is C16H27BrN2S. The predicted octanol–water partition coefficient (Wildman–Crippen LogP) is 4.38. The van der Waals surface area contributed by atoms with Crippen LogP contribution in [0.4, 0.5) is 5.69 Å². The van der Waals surface area contributed by atoms with Gasteiger partial charge in [0, 0.05) is 35.5 Å². The van der Waals surface area contributed by atoms with Gasteiger partial charge in [-0.3, -0.25) is 0 Å². The van der Waals surface area contributed by atoms with Gasteiger partial charge >= 0.3 is 0 Å². The van der Waals surface area contributed by atoms with Gasteiger partial charge < -0.3 is 10.2 Å². The lowest BCUT2D eigenvalue weighted by Crippen LogP contribution is -2.30. The lowest BCUT2D eigenvalue weighted by atomic mass is 10.1. The van der Waals surface area contributed by atoms with Crippen molar-refractivity contribution in [2.45, 2.75) is 33.4 Å². The standard InChI is InChI=1S/C16H27BrN2S/c1-12(2)9-18-10-14-6-7-15(8-16(14)17)19(4)13(3)11-20-5/h6-8,12-13,18H,9-11H2,1-5H3. The molecule has 0 radical (unpaired) electrons. The minimum Gasteiger partial charge on any atom is -0.371 e. The maximum Gasteiger partial charge on any atom is 0.0377 e. The largest absolute Gasteiger partial charge is 0.371 e. The summed E-state index contributed by atoms with van der Waals surface area (Å²) in [6.07, 6.45) is 2.16. The normalized spacial score (nSPS) is 12.8. The molecular weight excluding hydrogens is 332 g/mol. The van der Waals surface area contributed by atoms with Crippen molar-refractivity contribution in [2.75, 3.05) is 30.5 Å². The molecule has 0 aliphatic carbocycles. The second kappa shape index (κ2) is 8.96. The highest BCUT2D eigenvalue weighted by atomic mass is 79.9. The molecule has 0 saturated carbocycles. The van der Waals surface area contributed by atoms with Crippen LogP contribution in [0.25, 0.3) is 0 Å². The van der Waals surface area contributed by atoms with Crippen LogP contribution in [0, 0.1) is 5.92 Å². The first-order valence-electron chi connectivity index (χ1n) is 7.16. The summed E-state index contributed by atoms with van der Waals surface area (Å²) in [6, 6.07) is 7.20. The van der Waals surface area contributed by atoms with Gasteiger partial charge in [-0.2, -0.15) is 11.8 Å². The fraction of sp³-hybridized carbons (Fsp3) is 0.625. The van der Waals surface area contributed by atoms with E-state index in [9.17, 15) is 0 Å². The molecule has 1 unspecified atom stereocenters. The molecule has 0 amide bonds. The van der Waals surface area contributed by atoms with E-state index in [4.69, 9.17) is 0 Å². The average Bonchev–Trinajstić information content (AvgIpc) is 2.39. The van der Waals surface area contributed by atoms with Gasteiger partial charge in [-0.25, -0.2) is 0 Å². The van der Waals surface area contributed by atoms with Crippen LogP contribution in [0.15, 0.2) is 22.7 Å². The number of nitrogens with one attached hydrogen (secondary N) is 1. The van der Waals surface area contributed by atoms with E-state index in [-0.39, 0.29) is 0 Å². The zero-order chi connectivity index (χ0) is 15.1. The lowest BCUT2D eigenvalue weighted by Gasteiger charge is -2.27. The molecule has 4 heteroatoms. The topological polar surface area (TPSA) is 15.3 Å². The Morgan fingerprint density at radius 2 is 2.00 bits per heavy atom. The monoisotopic (exact) mass is 358 g/mol. The van der Waals surface area contributed by atoms with Crippen LogP contribution in [-0.2, 0) is 6.54 Å². The first-order chi connectivity index (χ1) is 9.45. The maximum atomic E-state index is 3.70. The van der Waals surface area contributed by atoms with Gasteiger partial charge in [0.1, 0.15) is 0 Å². The third-order valence-electron chi connectivity index (χ3n) is 3.38. The van der Waals surface area contributed by atoms with E-state index in [0.29, 0.717) is 12.0 Å². The smallest absolute Gasteiger partial charge is 0.0377 e. The highest BCUT2D eigenvalue weighted by Crippen LogP contribution is 2.25. The van der Waals surface area contributed by atoms with Crippen molar-refractivity contribution in [1.29, 1.82) is 0 Å². The molecule has 0 bridgehead atoms. The molecule has 20 heavy (non-hydrogen) atoms. The Labute approximate surface area is 136 Å². The molecule has 1 aromatic carbocycles. The SMILES string of the molecule is CSCC(C)N(C)c1ccc(CNCC(C)C)c(Br)c1. The molecule has 1 aromatic rings. The number of anilines is 1. The third-order valence-corrected chi connectivity index (χ3v) is 4.93. The van der Waals surface area contributed by atoms with E-state index >= 15 is 0 Å². The molecule has 0 spiro atoms. The second-order valence-corrected chi connectivity index (χ2v) is 7.48. The Hall–Kier alpha value is -0.190. The van der Waals surface area contributed by atoms with Gasteiger partial charge in [-0.05, 0) is 43.3 Å². The zero-order valence-corrected chi connectivity index (χ0v) is 15.6. The first kappa shape index (κ1) is 17.9. The van der Waals surface area contributed by atoms with Crippen molar-refractivity contribution in [3.8, 4) is 0 Å². The number of nitrogens with zero attached hydrogens (tertiary/aromatic N) is 1. The molecule has 1 rings (SSSR count). The van der Waals surface area contributed by atoms with E-state index in [1.807, 2.05) is 11.8 Å². The molecule has 114 valence electrons. The van der Waals surface area contributed by atoms with Gasteiger partial charge in [-0.1, -0.05) is 35.8 Å². The third kappa shape index (κ3) is 5.66. The molecule has 1 atom stereocenters. The van der Waals surface area contributed by atoms with Crippen LogP contribution in [0.1, 0.15) is 26.3 Å². The van der Waals surface area contributed by atoms with Gasteiger partial charge in [0.25, 0.3) is 0 Å². The van der Waals surface area contributed by atoms with Crippen molar-refractivity contribution in [3.05, 3.63) is 28.2 Å². The summed E-state index contributed by atoms with van der Waals surface area (Å²) in [5, 5.41) is 3.49. The van der Waals surface area contributed by atoms with Crippen LogP contribution in [0.5, 0.6) is 0 Å². The summed E-state index contributed by atoms with van der Waals surface area (Å²) in [5.41, 5.74) is 2.59. The summed E-state index contributed by atoms with van der Waals surface area (Å²) in [6.45, 7) is 8.70. The summed E-state index contributed by atoms with van der Waals surface area (Å²) in [4.78, 5) is 2.34. The van der Waals surface area contributed by atoms with Gasteiger partial charge in [0.15, 0.2) is 0 Å². The molecule has 0 saturated heterocycles. The zero-order valence-electron chi connectivity index (χ0n) is 13.2. The fourth-order valence-electron chi connectivity index (χ4n) is 2.00. The van der Waals surface area contributed by atoms with Crippen molar-refractivity contribution in [1.82, 2.24) is 5.32 Å². The van der Waals surface area contributed by atoms with Gasteiger partial charge in [0.2, 0.25) is 0 Å². The molecule has 2 nitrogen and oxygen atoms in total. The van der Waals surface area contributed by atoms with E-state index in [1.54, 1.807) is 0 Å². The minimum absolute atomic E-state index is 0.543. The highest BCUT2D eigenvalue weighted by molar-refractivity contribution is 9.10.